The molecule has 1 aromatic carbocycles. The Labute approximate surface area is 159 Å². The summed E-state index contributed by atoms with van der Waals surface area (Å²) in [6, 6.07) is 5.89. The largest absolute Gasteiger partial charge is 0.443 e. The van der Waals surface area contributed by atoms with E-state index in [1.807, 2.05) is 43.5 Å². The number of nitrogens with zero attached hydrogens (tertiary/aromatic N) is 4. The maximum atomic E-state index is 12.6. The van der Waals surface area contributed by atoms with Gasteiger partial charge < -0.3 is 15.0 Å². The van der Waals surface area contributed by atoms with Crippen LogP contribution in [0.4, 0.5) is 16.6 Å². The number of aromatic nitrogens is 3. The van der Waals surface area contributed by atoms with Crippen LogP contribution in [0.15, 0.2) is 22.7 Å². The lowest BCUT2D eigenvalue weighted by atomic mass is 10.2. The van der Waals surface area contributed by atoms with E-state index >= 15 is 0 Å². The summed E-state index contributed by atoms with van der Waals surface area (Å²) in [5.41, 5.74) is 7.92. The van der Waals surface area contributed by atoms with Crippen molar-refractivity contribution >= 4 is 55.7 Å². The number of hydrogen-bond acceptors (Lipinski definition) is 5. The monoisotopic (exact) mass is 417 g/mol. The van der Waals surface area contributed by atoms with Crippen LogP contribution in [0.2, 0.25) is 0 Å². The molecule has 0 aliphatic carbocycles. The molecule has 0 saturated heterocycles. The van der Waals surface area contributed by atoms with E-state index in [-0.39, 0.29) is 0 Å². The van der Waals surface area contributed by atoms with Gasteiger partial charge in [-0.1, -0.05) is 15.9 Å². The van der Waals surface area contributed by atoms with Crippen molar-refractivity contribution in [2.75, 3.05) is 17.2 Å². The van der Waals surface area contributed by atoms with E-state index in [1.54, 1.807) is 4.90 Å². The molecule has 136 valence electrons. The van der Waals surface area contributed by atoms with E-state index in [2.05, 4.69) is 25.9 Å². The molecule has 3 aromatic rings. The van der Waals surface area contributed by atoms with Crippen LogP contribution < -0.4 is 10.6 Å². The lowest BCUT2D eigenvalue weighted by molar-refractivity contribution is 0.0572. The zero-order valence-electron chi connectivity index (χ0n) is 14.9. The molecular weight excluding hydrogens is 398 g/mol. The van der Waals surface area contributed by atoms with E-state index in [9.17, 15) is 4.79 Å². The standard InChI is InChI=1S/C18H20BrN5O2/c1-18(2,3)26-17(25)24-8-4-7-23-14-11-6-5-10(19)9-12(11)21-15(20)13(14)22-16(23)24/h5-6,9H,4,7-8H2,1-3H3,(H2,20,21). The van der Waals surface area contributed by atoms with Crippen molar-refractivity contribution in [2.24, 2.45) is 0 Å². The first-order valence-corrected chi connectivity index (χ1v) is 9.29. The molecule has 0 bridgehead atoms. The minimum absolute atomic E-state index is 0.358. The summed E-state index contributed by atoms with van der Waals surface area (Å²) in [7, 11) is 0. The van der Waals surface area contributed by atoms with Gasteiger partial charge in [0.25, 0.3) is 0 Å². The van der Waals surface area contributed by atoms with Crippen LogP contribution in [0.5, 0.6) is 0 Å². The number of hydrogen-bond donors (Lipinski definition) is 1. The molecule has 26 heavy (non-hydrogen) atoms. The van der Waals surface area contributed by atoms with Gasteiger partial charge in [-0.2, -0.15) is 0 Å². The van der Waals surface area contributed by atoms with Gasteiger partial charge in [0.2, 0.25) is 5.95 Å². The Kier molecular flexibility index (Phi) is 3.83. The van der Waals surface area contributed by atoms with Crippen LogP contribution in [-0.4, -0.2) is 32.8 Å². The van der Waals surface area contributed by atoms with Crippen LogP contribution >= 0.6 is 15.9 Å². The Bertz CT molecular complexity index is 1040. The first-order chi connectivity index (χ1) is 12.2. The maximum Gasteiger partial charge on any atom is 0.417 e. The molecule has 7 nitrogen and oxygen atoms in total. The summed E-state index contributed by atoms with van der Waals surface area (Å²) in [5.74, 6) is 0.918. The normalized spacial score (nSPS) is 14.7. The summed E-state index contributed by atoms with van der Waals surface area (Å²) >= 11 is 3.47. The highest BCUT2D eigenvalue weighted by Gasteiger charge is 2.31. The third-order valence-corrected chi connectivity index (χ3v) is 4.76. The molecule has 0 saturated carbocycles. The first-order valence-electron chi connectivity index (χ1n) is 8.50. The highest BCUT2D eigenvalue weighted by Crippen LogP contribution is 2.35. The molecular formula is C18H20BrN5O2. The molecule has 0 spiro atoms. The van der Waals surface area contributed by atoms with E-state index in [0.717, 1.165) is 33.9 Å². The number of benzene rings is 1. The van der Waals surface area contributed by atoms with Crippen LogP contribution in [0.25, 0.3) is 21.9 Å². The third-order valence-electron chi connectivity index (χ3n) is 4.26. The fourth-order valence-electron chi connectivity index (χ4n) is 3.27. The van der Waals surface area contributed by atoms with Gasteiger partial charge in [0, 0.05) is 22.9 Å². The number of fused-ring (bicyclic) bond motifs is 5. The number of halogens is 1. The van der Waals surface area contributed by atoms with E-state index in [4.69, 9.17) is 10.5 Å². The maximum absolute atomic E-state index is 12.6. The van der Waals surface area contributed by atoms with E-state index < -0.39 is 11.7 Å². The lowest BCUT2D eigenvalue weighted by Gasteiger charge is -2.30. The average Bonchev–Trinajstić information content (AvgIpc) is 2.93. The fourth-order valence-corrected chi connectivity index (χ4v) is 3.62. The lowest BCUT2D eigenvalue weighted by Crippen LogP contribution is -2.41. The second-order valence-corrected chi connectivity index (χ2v) is 8.32. The predicted octanol–water partition coefficient (Wildman–Crippen LogP) is 4.07. The van der Waals surface area contributed by atoms with Gasteiger partial charge in [-0.3, -0.25) is 0 Å². The van der Waals surface area contributed by atoms with Gasteiger partial charge in [-0.15, -0.1) is 0 Å². The minimum Gasteiger partial charge on any atom is -0.443 e. The number of nitrogens with two attached hydrogens (primary N) is 1. The molecule has 0 unspecified atom stereocenters. The number of imidazole rings is 1. The molecule has 1 amide bonds. The molecule has 0 atom stereocenters. The summed E-state index contributed by atoms with van der Waals surface area (Å²) < 4.78 is 8.52. The summed E-state index contributed by atoms with van der Waals surface area (Å²) in [6.45, 7) is 6.89. The number of carbonyl (C=O) groups is 1. The third kappa shape index (κ3) is 2.78. The number of aryl methyl sites for hydroxylation is 1. The number of amides is 1. The van der Waals surface area contributed by atoms with Crippen molar-refractivity contribution in [1.82, 2.24) is 14.5 Å². The molecule has 0 radical (unpaired) electrons. The summed E-state index contributed by atoms with van der Waals surface area (Å²) in [4.78, 5) is 23.3. The highest BCUT2D eigenvalue weighted by atomic mass is 79.9. The second-order valence-electron chi connectivity index (χ2n) is 7.40. The molecule has 0 fully saturated rings. The van der Waals surface area contributed by atoms with Crippen molar-refractivity contribution in [2.45, 2.75) is 39.3 Å². The van der Waals surface area contributed by atoms with Gasteiger partial charge in [0.05, 0.1) is 11.0 Å². The Balaban J connectivity index is 1.92. The van der Waals surface area contributed by atoms with Crippen LogP contribution in [0.3, 0.4) is 0 Å². The van der Waals surface area contributed by atoms with Crippen molar-refractivity contribution in [3.8, 4) is 0 Å². The zero-order chi connectivity index (χ0) is 18.6. The fraction of sp³-hybridized carbons (Fsp3) is 0.389. The summed E-state index contributed by atoms with van der Waals surface area (Å²) in [5, 5.41) is 0.960. The van der Waals surface area contributed by atoms with Gasteiger partial charge in [-0.25, -0.2) is 19.7 Å². The Morgan fingerprint density at radius 2 is 2.04 bits per heavy atom. The van der Waals surface area contributed by atoms with Gasteiger partial charge >= 0.3 is 6.09 Å². The molecule has 8 heteroatoms. The number of anilines is 2. The van der Waals surface area contributed by atoms with E-state index in [0.29, 0.717) is 23.8 Å². The summed E-state index contributed by atoms with van der Waals surface area (Å²) in [6.07, 6.45) is 0.421. The smallest absolute Gasteiger partial charge is 0.417 e. The first kappa shape index (κ1) is 17.1. The molecule has 1 aliphatic heterocycles. The molecule has 2 N–H and O–H groups in total. The number of rotatable bonds is 0. The van der Waals surface area contributed by atoms with Gasteiger partial charge in [0.15, 0.2) is 5.82 Å². The van der Waals surface area contributed by atoms with Gasteiger partial charge in [0.1, 0.15) is 11.1 Å². The number of ether oxygens (including phenoxy) is 1. The van der Waals surface area contributed by atoms with Crippen molar-refractivity contribution < 1.29 is 9.53 Å². The SMILES string of the molecule is CC(C)(C)OC(=O)N1CCCn2c1nc1c(N)nc3cc(Br)ccc3c12. The number of carbonyl (C=O) groups excluding carboxylic acids is 1. The molecule has 4 rings (SSSR count). The zero-order valence-corrected chi connectivity index (χ0v) is 16.5. The molecule has 1 aliphatic rings. The number of nitrogen functional groups attached to an aromatic ring is 1. The van der Waals surface area contributed by atoms with Crippen LogP contribution in [0.1, 0.15) is 27.2 Å². The van der Waals surface area contributed by atoms with E-state index in [1.165, 1.54) is 0 Å². The van der Waals surface area contributed by atoms with Crippen LogP contribution in [0, 0.1) is 0 Å². The van der Waals surface area contributed by atoms with Gasteiger partial charge in [-0.05, 0) is 45.4 Å². The topological polar surface area (TPSA) is 86.3 Å². The van der Waals surface area contributed by atoms with Crippen molar-refractivity contribution in [1.29, 1.82) is 0 Å². The van der Waals surface area contributed by atoms with Crippen molar-refractivity contribution in [3.05, 3.63) is 22.7 Å². The molecule has 2 aromatic heterocycles. The minimum atomic E-state index is -0.565. The quantitative estimate of drug-likeness (QED) is 0.595. The number of pyridine rings is 1. The Morgan fingerprint density at radius 1 is 1.27 bits per heavy atom. The second kappa shape index (κ2) is 5.84. The average molecular weight is 418 g/mol. The van der Waals surface area contributed by atoms with Crippen LogP contribution in [-0.2, 0) is 11.3 Å². The van der Waals surface area contributed by atoms with Crippen molar-refractivity contribution in [3.63, 3.8) is 0 Å². The Hall–Kier alpha value is -2.35. The highest BCUT2D eigenvalue weighted by molar-refractivity contribution is 9.10. The Morgan fingerprint density at radius 3 is 2.77 bits per heavy atom. The molecule has 3 heterocycles. The predicted molar refractivity (Wildman–Crippen MR) is 105 cm³/mol.